The second kappa shape index (κ2) is 8.71. The molecule has 0 saturated carbocycles. The van der Waals surface area contributed by atoms with Gasteiger partial charge in [-0.3, -0.25) is 15.4 Å². The highest BCUT2D eigenvalue weighted by atomic mass is 16.3. The van der Waals surface area contributed by atoms with Gasteiger partial charge in [0.2, 0.25) is 0 Å². The lowest BCUT2D eigenvalue weighted by Crippen LogP contribution is -2.38. The summed E-state index contributed by atoms with van der Waals surface area (Å²) in [7, 11) is 1.64. The molecule has 1 aliphatic rings. The molecule has 1 aliphatic heterocycles. The predicted molar refractivity (Wildman–Crippen MR) is 112 cm³/mol. The topological polar surface area (TPSA) is 135 Å². The summed E-state index contributed by atoms with van der Waals surface area (Å²) in [5, 5.41) is 26.1. The molecule has 0 radical (unpaired) electrons. The third kappa shape index (κ3) is 4.23. The maximum Gasteiger partial charge on any atom is 0.129 e. The number of aliphatic hydroxyl groups is 1. The van der Waals surface area contributed by atoms with Gasteiger partial charge in [-0.15, -0.1) is 0 Å². The first-order chi connectivity index (χ1) is 13.5. The van der Waals surface area contributed by atoms with Gasteiger partial charge in [0, 0.05) is 38.1 Å². The van der Waals surface area contributed by atoms with Crippen LogP contribution < -0.4 is 10.6 Å². The van der Waals surface area contributed by atoms with Crippen LogP contribution in [0.25, 0.3) is 0 Å². The quantitative estimate of drug-likeness (QED) is 0.568. The summed E-state index contributed by atoms with van der Waals surface area (Å²) in [6.07, 6.45) is 5.74. The highest BCUT2D eigenvalue weighted by Crippen LogP contribution is 2.22. The molecular weight excluding hydrogens is 354 g/mol. The Labute approximate surface area is 164 Å². The van der Waals surface area contributed by atoms with Gasteiger partial charge in [0.1, 0.15) is 5.82 Å². The number of piperidine rings is 1. The minimum atomic E-state index is -0.369. The van der Waals surface area contributed by atoms with Crippen LogP contribution in [0.4, 0.5) is 11.5 Å². The maximum atomic E-state index is 9.92. The fraction of sp³-hybridized carbons (Fsp3) is 0.350. The number of β-amino-alcohol motifs (C(OH)–C–C–N with tert-alkyl or cyclic N) is 1. The first kappa shape index (κ1) is 19.6. The minimum Gasteiger partial charge on any atom is -0.397 e. The Hall–Kier alpha value is -3.13. The Bertz CT molecular complexity index is 896. The predicted octanol–water partition coefficient (Wildman–Crippen LogP) is 1.87. The molecule has 1 fully saturated rings. The number of hydrogen-bond donors (Lipinski definition) is 4. The van der Waals surface area contributed by atoms with Crippen LogP contribution in [0, 0.1) is 10.8 Å². The van der Waals surface area contributed by atoms with E-state index in [0.717, 1.165) is 25.2 Å². The number of nitrogens with zero attached hydrogens (tertiary/aromatic N) is 4. The lowest BCUT2D eigenvalue weighted by molar-refractivity contribution is 0.154. The molecule has 2 aromatic heterocycles. The average Bonchev–Trinajstić information content (AvgIpc) is 2.72. The van der Waals surface area contributed by atoms with Crippen molar-refractivity contribution in [2.24, 2.45) is 4.99 Å². The fourth-order valence-corrected chi connectivity index (χ4v) is 3.29. The molecule has 2 aromatic rings. The summed E-state index contributed by atoms with van der Waals surface area (Å²) in [6, 6.07) is 7.23. The lowest BCUT2D eigenvalue weighted by atomic mass is 10.0. The summed E-state index contributed by atoms with van der Waals surface area (Å²) in [4.78, 5) is 14.9. The van der Waals surface area contributed by atoms with E-state index < -0.39 is 0 Å². The SMILES string of the molecule is CN=CC(C=N)c1cc(C(=N)c2cccc(N3CCCC(O)C3)n2)c(N)cn1. The summed E-state index contributed by atoms with van der Waals surface area (Å²) < 4.78 is 0. The van der Waals surface area contributed by atoms with Crippen LogP contribution in [-0.2, 0) is 0 Å². The molecule has 146 valence electrons. The zero-order valence-electron chi connectivity index (χ0n) is 15.8. The standard InChI is InChI=1S/C20H25N7O/c1-24-10-13(9-21)18-8-15(16(22)11-25-18)20(23)17-5-2-6-19(26-17)27-7-3-4-14(28)12-27/h2,5-6,8-11,13-14,21,23,28H,3-4,7,12,22H2,1H3. The van der Waals surface area contributed by atoms with Gasteiger partial charge < -0.3 is 21.1 Å². The van der Waals surface area contributed by atoms with Crippen LogP contribution in [0.5, 0.6) is 0 Å². The lowest BCUT2D eigenvalue weighted by Gasteiger charge is -2.31. The van der Waals surface area contributed by atoms with E-state index in [4.69, 9.17) is 16.6 Å². The van der Waals surface area contributed by atoms with E-state index in [9.17, 15) is 5.11 Å². The molecule has 0 aromatic carbocycles. The number of aliphatic hydroxyl groups excluding tert-OH is 1. The molecule has 3 rings (SSSR count). The summed E-state index contributed by atoms with van der Waals surface area (Å²) in [6.45, 7) is 1.38. The normalized spacial score (nSPS) is 18.2. The summed E-state index contributed by atoms with van der Waals surface area (Å²) in [5.74, 6) is 0.371. The highest BCUT2D eigenvalue weighted by Gasteiger charge is 2.20. The molecule has 2 unspecified atom stereocenters. The number of nitrogen functional groups attached to an aromatic ring is 1. The van der Waals surface area contributed by atoms with Crippen LogP contribution in [0.1, 0.15) is 35.7 Å². The van der Waals surface area contributed by atoms with E-state index in [1.165, 1.54) is 12.4 Å². The molecule has 1 saturated heterocycles. The van der Waals surface area contributed by atoms with Crippen LogP contribution in [0.15, 0.2) is 35.5 Å². The fourth-order valence-electron chi connectivity index (χ4n) is 3.29. The van der Waals surface area contributed by atoms with Crippen LogP contribution >= 0.6 is 0 Å². The van der Waals surface area contributed by atoms with Crippen molar-refractivity contribution in [2.45, 2.75) is 24.9 Å². The second-order valence-corrected chi connectivity index (χ2v) is 6.79. The maximum absolute atomic E-state index is 9.92. The van der Waals surface area contributed by atoms with Crippen molar-refractivity contribution >= 4 is 29.6 Å². The van der Waals surface area contributed by atoms with Crippen LogP contribution in [-0.4, -0.2) is 59.5 Å². The Morgan fingerprint density at radius 3 is 3.00 bits per heavy atom. The third-order valence-electron chi connectivity index (χ3n) is 4.77. The second-order valence-electron chi connectivity index (χ2n) is 6.79. The van der Waals surface area contributed by atoms with Crippen molar-refractivity contribution in [2.75, 3.05) is 30.8 Å². The zero-order valence-corrected chi connectivity index (χ0v) is 15.8. The number of aromatic nitrogens is 2. The van der Waals surface area contributed by atoms with E-state index >= 15 is 0 Å². The monoisotopic (exact) mass is 379 g/mol. The Balaban J connectivity index is 1.92. The smallest absolute Gasteiger partial charge is 0.129 e. The van der Waals surface area contributed by atoms with Gasteiger partial charge in [-0.05, 0) is 31.0 Å². The van der Waals surface area contributed by atoms with Crippen molar-refractivity contribution in [1.29, 1.82) is 10.8 Å². The highest BCUT2D eigenvalue weighted by molar-refractivity contribution is 6.13. The first-order valence-electron chi connectivity index (χ1n) is 9.21. The number of rotatable bonds is 6. The molecule has 5 N–H and O–H groups in total. The number of nitrogens with two attached hydrogens (primary N) is 1. The first-order valence-corrected chi connectivity index (χ1v) is 9.21. The van der Waals surface area contributed by atoms with E-state index in [-0.39, 0.29) is 17.7 Å². The van der Waals surface area contributed by atoms with Gasteiger partial charge in [-0.2, -0.15) is 0 Å². The van der Waals surface area contributed by atoms with E-state index in [2.05, 4.69) is 15.0 Å². The summed E-state index contributed by atoms with van der Waals surface area (Å²) >= 11 is 0. The van der Waals surface area contributed by atoms with Crippen molar-refractivity contribution in [1.82, 2.24) is 9.97 Å². The van der Waals surface area contributed by atoms with Crippen LogP contribution in [0.2, 0.25) is 0 Å². The number of aliphatic imine (C=N–C) groups is 1. The molecule has 8 nitrogen and oxygen atoms in total. The molecule has 28 heavy (non-hydrogen) atoms. The van der Waals surface area contributed by atoms with E-state index in [1.54, 1.807) is 25.4 Å². The van der Waals surface area contributed by atoms with E-state index in [0.29, 0.717) is 29.2 Å². The Morgan fingerprint density at radius 1 is 1.46 bits per heavy atom. The number of pyridine rings is 2. The van der Waals surface area contributed by atoms with Crippen LogP contribution in [0.3, 0.4) is 0 Å². The molecular formula is C20H25N7O. The van der Waals surface area contributed by atoms with E-state index in [1.807, 2.05) is 17.0 Å². The molecule has 2 atom stereocenters. The van der Waals surface area contributed by atoms with Crippen molar-refractivity contribution < 1.29 is 5.11 Å². The van der Waals surface area contributed by atoms with Gasteiger partial charge in [-0.25, -0.2) is 4.98 Å². The van der Waals surface area contributed by atoms with Crippen molar-refractivity contribution in [3.63, 3.8) is 0 Å². The molecule has 0 bridgehead atoms. The van der Waals surface area contributed by atoms with Gasteiger partial charge in [0.05, 0.1) is 41.0 Å². The Kier molecular flexibility index (Phi) is 6.10. The van der Waals surface area contributed by atoms with Gasteiger partial charge in [0.25, 0.3) is 0 Å². The molecule has 3 heterocycles. The molecule has 0 amide bonds. The molecule has 8 heteroatoms. The Morgan fingerprint density at radius 2 is 2.29 bits per heavy atom. The molecule has 0 aliphatic carbocycles. The van der Waals surface area contributed by atoms with Gasteiger partial charge in [-0.1, -0.05) is 6.07 Å². The van der Waals surface area contributed by atoms with Gasteiger partial charge >= 0.3 is 0 Å². The third-order valence-corrected chi connectivity index (χ3v) is 4.77. The molecule has 0 spiro atoms. The average molecular weight is 379 g/mol. The van der Waals surface area contributed by atoms with Crippen molar-refractivity contribution in [3.05, 3.63) is 47.4 Å². The number of hydrogen-bond acceptors (Lipinski definition) is 8. The zero-order chi connectivity index (χ0) is 20.1. The number of anilines is 2. The minimum absolute atomic E-state index is 0.192. The largest absolute Gasteiger partial charge is 0.397 e. The van der Waals surface area contributed by atoms with Gasteiger partial charge in [0.15, 0.2) is 0 Å². The summed E-state index contributed by atoms with van der Waals surface area (Å²) in [5.41, 5.74) is 8.27. The van der Waals surface area contributed by atoms with Crippen molar-refractivity contribution in [3.8, 4) is 0 Å². The number of nitrogens with one attached hydrogen (secondary N) is 2.